The summed E-state index contributed by atoms with van der Waals surface area (Å²) in [5.74, 6) is -0.762. The lowest BCUT2D eigenvalue weighted by molar-refractivity contribution is -0.386. The molecule has 0 atom stereocenters. The topological polar surface area (TPSA) is 78.7 Å². The summed E-state index contributed by atoms with van der Waals surface area (Å²) < 4.78 is 9.21. The number of benzene rings is 1. The van der Waals surface area contributed by atoms with Gasteiger partial charge in [0.05, 0.1) is 16.6 Å². The van der Waals surface area contributed by atoms with E-state index in [-0.39, 0.29) is 23.1 Å². The molecule has 0 aromatic heterocycles. The number of nitro groups is 1. The van der Waals surface area contributed by atoms with Crippen LogP contribution in [0.2, 0.25) is 0 Å². The Hall–Kier alpha value is -1.82. The first-order valence-corrected chi connectivity index (χ1v) is 5.04. The number of nitrogens with zero attached hydrogens (tertiary/aromatic N) is 1. The first-order valence-electron chi connectivity index (χ1n) is 4.73. The van der Waals surface area contributed by atoms with E-state index in [9.17, 15) is 14.9 Å². The van der Waals surface area contributed by atoms with E-state index in [4.69, 9.17) is 16.6 Å². The number of nitro benzene ring substituents is 1. The Morgan fingerprint density at radius 2 is 2.12 bits per heavy atom. The summed E-state index contributed by atoms with van der Waals surface area (Å²) in [6, 6.07) is 3.74. The lowest BCUT2D eigenvalue weighted by Crippen LogP contribution is -2.08. The first-order chi connectivity index (χ1) is 7.95. The van der Waals surface area contributed by atoms with E-state index in [2.05, 4.69) is 4.29 Å². The van der Waals surface area contributed by atoms with Crippen LogP contribution in [-0.2, 0) is 4.29 Å². The van der Waals surface area contributed by atoms with Crippen LogP contribution in [0, 0.1) is 10.1 Å². The molecule has 7 heteroatoms. The molecule has 0 radical (unpaired) electrons. The van der Waals surface area contributed by atoms with E-state index in [1.165, 1.54) is 12.1 Å². The minimum Gasteiger partial charge on any atom is -0.484 e. The molecule has 17 heavy (non-hydrogen) atoms. The maximum absolute atomic E-state index is 11.1. The highest BCUT2D eigenvalue weighted by Gasteiger charge is 2.20. The van der Waals surface area contributed by atoms with Crippen LogP contribution in [0.3, 0.4) is 0 Å². The van der Waals surface area contributed by atoms with Crippen molar-refractivity contribution in [2.75, 3.05) is 0 Å². The van der Waals surface area contributed by atoms with Gasteiger partial charge < -0.3 is 9.03 Å². The molecular formula is C10H10ClNO5. The van der Waals surface area contributed by atoms with Crippen molar-refractivity contribution in [2.24, 2.45) is 0 Å². The zero-order valence-electron chi connectivity index (χ0n) is 9.18. The van der Waals surface area contributed by atoms with E-state index in [1.807, 2.05) is 0 Å². The van der Waals surface area contributed by atoms with E-state index in [0.717, 1.165) is 6.07 Å². The normalized spacial score (nSPS) is 10.1. The lowest BCUT2D eigenvalue weighted by Gasteiger charge is -2.10. The molecule has 0 fully saturated rings. The van der Waals surface area contributed by atoms with Crippen LogP contribution in [0.5, 0.6) is 5.75 Å². The van der Waals surface area contributed by atoms with Crippen LogP contribution in [-0.4, -0.2) is 17.0 Å². The molecule has 0 N–H and O–H groups in total. The van der Waals surface area contributed by atoms with Crippen molar-refractivity contribution >= 4 is 23.5 Å². The van der Waals surface area contributed by atoms with Gasteiger partial charge in [-0.05, 0) is 26.0 Å². The molecule has 0 aliphatic heterocycles. The summed E-state index contributed by atoms with van der Waals surface area (Å²) in [5.41, 5.74) is -0.318. The van der Waals surface area contributed by atoms with E-state index >= 15 is 0 Å². The molecule has 0 saturated heterocycles. The first kappa shape index (κ1) is 13.2. The van der Waals surface area contributed by atoms with Crippen molar-refractivity contribution in [1.82, 2.24) is 0 Å². The van der Waals surface area contributed by atoms with Gasteiger partial charge in [0.25, 0.3) is 0 Å². The molecule has 0 unspecified atom stereocenters. The van der Waals surface area contributed by atoms with Gasteiger partial charge in [0, 0.05) is 6.07 Å². The molecule has 0 spiro atoms. The third-order valence-electron chi connectivity index (χ3n) is 1.82. The summed E-state index contributed by atoms with van der Waals surface area (Å²) in [6.45, 7) is 3.48. The Balaban J connectivity index is 3.17. The Morgan fingerprint density at radius 1 is 1.47 bits per heavy atom. The summed E-state index contributed by atoms with van der Waals surface area (Å²) in [5, 5.41) is 10.8. The average Bonchev–Trinajstić information content (AvgIpc) is 2.27. The monoisotopic (exact) mass is 259 g/mol. The van der Waals surface area contributed by atoms with Gasteiger partial charge in [-0.1, -0.05) is 0 Å². The van der Waals surface area contributed by atoms with E-state index in [1.54, 1.807) is 13.8 Å². The zero-order chi connectivity index (χ0) is 13.0. The van der Waals surface area contributed by atoms with Gasteiger partial charge in [0.1, 0.15) is 11.9 Å². The quantitative estimate of drug-likeness (QED) is 0.613. The molecule has 0 aliphatic rings. The Kier molecular flexibility index (Phi) is 4.28. The fraction of sp³-hybridized carbons (Fsp3) is 0.300. The largest absolute Gasteiger partial charge is 0.484 e. The number of hydrogen-bond acceptors (Lipinski definition) is 5. The average molecular weight is 260 g/mol. The molecular weight excluding hydrogens is 250 g/mol. The van der Waals surface area contributed by atoms with Gasteiger partial charge in [-0.25, -0.2) is 4.79 Å². The predicted octanol–water partition coefficient (Wildman–Crippen LogP) is 2.69. The summed E-state index contributed by atoms with van der Waals surface area (Å²) in [6.07, 6.45) is -0.209. The SMILES string of the molecule is CC(C)Oc1ccc(C(=O)OCl)cc1[N+](=O)[O-]. The number of carbonyl (C=O) groups is 1. The van der Waals surface area contributed by atoms with E-state index in [0.29, 0.717) is 0 Å². The van der Waals surface area contributed by atoms with Crippen LogP contribution in [0.1, 0.15) is 24.2 Å². The smallest absolute Gasteiger partial charge is 0.356 e. The third kappa shape index (κ3) is 3.32. The highest BCUT2D eigenvalue weighted by atomic mass is 35.5. The second kappa shape index (κ2) is 5.49. The number of ether oxygens (including phenoxy) is 1. The molecule has 0 aliphatic carbocycles. The predicted molar refractivity (Wildman–Crippen MR) is 60.1 cm³/mol. The van der Waals surface area contributed by atoms with Crippen LogP contribution < -0.4 is 4.74 Å². The van der Waals surface area contributed by atoms with Gasteiger partial charge in [-0.15, -0.1) is 0 Å². The van der Waals surface area contributed by atoms with Crippen molar-refractivity contribution in [3.8, 4) is 5.75 Å². The van der Waals surface area contributed by atoms with Gasteiger partial charge in [-0.2, -0.15) is 0 Å². The Labute approximate surface area is 102 Å². The minimum atomic E-state index is -0.856. The standard InChI is InChI=1S/C10H10ClNO5/c1-6(2)16-9-4-3-7(10(13)17-11)5-8(9)12(14)15/h3-6H,1-2H3. The highest BCUT2D eigenvalue weighted by molar-refractivity contribution is 6.15. The fourth-order valence-corrected chi connectivity index (χ4v) is 1.27. The molecule has 1 rings (SSSR count). The van der Waals surface area contributed by atoms with E-state index < -0.39 is 10.9 Å². The molecule has 0 amide bonds. The van der Waals surface area contributed by atoms with Crippen molar-refractivity contribution in [3.63, 3.8) is 0 Å². The lowest BCUT2D eigenvalue weighted by atomic mass is 10.2. The Bertz CT molecular complexity index is 446. The number of halogens is 1. The molecule has 0 heterocycles. The van der Waals surface area contributed by atoms with Gasteiger partial charge in [0.15, 0.2) is 5.75 Å². The number of carbonyl (C=O) groups excluding carboxylic acids is 1. The van der Waals surface area contributed by atoms with Crippen LogP contribution in [0.15, 0.2) is 18.2 Å². The van der Waals surface area contributed by atoms with Gasteiger partial charge in [-0.3, -0.25) is 10.1 Å². The minimum absolute atomic E-state index is 0.0113. The van der Waals surface area contributed by atoms with Crippen molar-refractivity contribution in [2.45, 2.75) is 20.0 Å². The maximum Gasteiger partial charge on any atom is 0.356 e. The molecule has 1 aromatic rings. The number of hydrogen-bond donors (Lipinski definition) is 0. The second-order valence-corrected chi connectivity index (χ2v) is 3.63. The zero-order valence-corrected chi connectivity index (χ0v) is 9.93. The third-order valence-corrected chi connectivity index (χ3v) is 1.96. The van der Waals surface area contributed by atoms with Crippen molar-refractivity contribution < 1.29 is 18.7 Å². The van der Waals surface area contributed by atoms with Gasteiger partial charge >= 0.3 is 11.7 Å². The Morgan fingerprint density at radius 3 is 2.59 bits per heavy atom. The molecule has 1 aromatic carbocycles. The molecule has 0 saturated carbocycles. The van der Waals surface area contributed by atoms with Crippen molar-refractivity contribution in [1.29, 1.82) is 0 Å². The molecule has 92 valence electrons. The molecule has 6 nitrogen and oxygen atoms in total. The second-order valence-electron chi connectivity index (χ2n) is 3.47. The summed E-state index contributed by atoms with van der Waals surface area (Å²) >= 11 is 4.89. The van der Waals surface area contributed by atoms with Crippen LogP contribution in [0.25, 0.3) is 0 Å². The fourth-order valence-electron chi connectivity index (χ4n) is 1.19. The van der Waals surface area contributed by atoms with Crippen molar-refractivity contribution in [3.05, 3.63) is 33.9 Å². The summed E-state index contributed by atoms with van der Waals surface area (Å²) in [7, 11) is 0. The maximum atomic E-state index is 11.1. The van der Waals surface area contributed by atoms with Crippen LogP contribution >= 0.6 is 11.9 Å². The van der Waals surface area contributed by atoms with Gasteiger partial charge in [0.2, 0.25) is 0 Å². The molecule has 0 bridgehead atoms. The highest BCUT2D eigenvalue weighted by Crippen LogP contribution is 2.29. The number of rotatable bonds is 4. The summed E-state index contributed by atoms with van der Waals surface area (Å²) in [4.78, 5) is 21.3. The van der Waals surface area contributed by atoms with Crippen LogP contribution in [0.4, 0.5) is 5.69 Å².